The van der Waals surface area contributed by atoms with E-state index in [1.54, 1.807) is 30.0 Å². The van der Waals surface area contributed by atoms with Gasteiger partial charge >= 0.3 is 0 Å². The van der Waals surface area contributed by atoms with Gasteiger partial charge in [-0.1, -0.05) is 6.07 Å². The van der Waals surface area contributed by atoms with Crippen LogP contribution in [0.3, 0.4) is 0 Å². The van der Waals surface area contributed by atoms with Gasteiger partial charge in [0.15, 0.2) is 0 Å². The number of ether oxygens (including phenoxy) is 2. The quantitative estimate of drug-likeness (QED) is 0.635. The van der Waals surface area contributed by atoms with Crippen LogP contribution in [0.15, 0.2) is 59.8 Å². The molecule has 0 aliphatic carbocycles. The number of methoxy groups -OCH3 is 1. The largest absolute Gasteiger partial charge is 0.481 e. The number of amides is 1. The number of benzene rings is 1. The molecule has 1 aromatic carbocycles. The molecule has 0 aliphatic heterocycles. The first kappa shape index (κ1) is 18.7. The Morgan fingerprint density at radius 2 is 2.00 bits per heavy atom. The number of nitrogens with zero attached hydrogens (tertiary/aromatic N) is 2. The molecule has 0 radical (unpaired) electrons. The van der Waals surface area contributed by atoms with E-state index in [0.29, 0.717) is 17.3 Å². The summed E-state index contributed by atoms with van der Waals surface area (Å²) in [6, 6.07) is 11.6. The van der Waals surface area contributed by atoms with E-state index in [1.165, 1.54) is 13.3 Å². The molecule has 0 atom stereocenters. The summed E-state index contributed by atoms with van der Waals surface area (Å²) >= 11 is 1.55. The van der Waals surface area contributed by atoms with Gasteiger partial charge in [0.1, 0.15) is 17.1 Å². The van der Waals surface area contributed by atoms with Crippen LogP contribution in [0.4, 0.5) is 10.1 Å². The fourth-order valence-corrected chi connectivity index (χ4v) is 2.67. The lowest BCUT2D eigenvalue weighted by Crippen LogP contribution is -2.14. The van der Waals surface area contributed by atoms with Crippen LogP contribution >= 0.6 is 11.8 Å². The Bertz CT molecular complexity index is 951. The number of halogens is 1. The molecule has 138 valence electrons. The molecule has 6 nitrogen and oxygen atoms in total. The van der Waals surface area contributed by atoms with Crippen molar-refractivity contribution < 1.29 is 18.7 Å². The topological polar surface area (TPSA) is 73.3 Å². The predicted molar refractivity (Wildman–Crippen MR) is 101 cm³/mol. The Kier molecular flexibility index (Phi) is 5.87. The third-order valence-corrected chi connectivity index (χ3v) is 4.25. The summed E-state index contributed by atoms with van der Waals surface area (Å²) in [5.41, 5.74) is 0.403. The average molecular weight is 385 g/mol. The molecule has 1 amide bonds. The van der Waals surface area contributed by atoms with Crippen LogP contribution < -0.4 is 14.8 Å². The zero-order chi connectivity index (χ0) is 19.2. The minimum Gasteiger partial charge on any atom is -0.481 e. The maximum absolute atomic E-state index is 13.7. The van der Waals surface area contributed by atoms with Crippen LogP contribution in [-0.4, -0.2) is 29.2 Å². The van der Waals surface area contributed by atoms with Crippen LogP contribution in [0, 0.1) is 5.82 Å². The molecule has 2 heterocycles. The molecule has 8 heteroatoms. The lowest BCUT2D eigenvalue weighted by atomic mass is 10.2. The van der Waals surface area contributed by atoms with Gasteiger partial charge in [0, 0.05) is 11.0 Å². The standard InChI is InChI=1S/C19H16FN3O3S/c1-25-17-7-6-13(11-21-17)23-18(24)16-8-12(20)10-22-19(16)26-14-4-3-5-15(9-14)27-2/h3-11H,1-2H3,(H,23,24). The van der Waals surface area contributed by atoms with Crippen LogP contribution in [0.25, 0.3) is 0 Å². The smallest absolute Gasteiger partial charge is 0.261 e. The van der Waals surface area contributed by atoms with Crippen molar-refractivity contribution in [2.45, 2.75) is 4.90 Å². The molecule has 0 saturated carbocycles. The fraction of sp³-hybridized carbons (Fsp3) is 0.105. The lowest BCUT2D eigenvalue weighted by molar-refractivity contribution is 0.102. The first-order valence-corrected chi connectivity index (χ1v) is 9.10. The predicted octanol–water partition coefficient (Wildman–Crippen LogP) is 4.39. The highest BCUT2D eigenvalue weighted by atomic mass is 32.2. The summed E-state index contributed by atoms with van der Waals surface area (Å²) in [5, 5.41) is 2.64. The number of anilines is 1. The molecule has 0 unspecified atom stereocenters. The van der Waals surface area contributed by atoms with E-state index in [-0.39, 0.29) is 11.4 Å². The number of hydrogen-bond acceptors (Lipinski definition) is 6. The molecule has 3 rings (SSSR count). The molecule has 0 fully saturated rings. The second-order valence-electron chi connectivity index (χ2n) is 5.33. The van der Waals surface area contributed by atoms with E-state index in [0.717, 1.165) is 17.2 Å². The third kappa shape index (κ3) is 4.73. The van der Waals surface area contributed by atoms with Gasteiger partial charge in [-0.25, -0.2) is 14.4 Å². The van der Waals surface area contributed by atoms with E-state index < -0.39 is 11.7 Å². The van der Waals surface area contributed by atoms with Gasteiger partial charge in [0.25, 0.3) is 5.91 Å². The molecular weight excluding hydrogens is 369 g/mol. The van der Waals surface area contributed by atoms with Gasteiger partial charge in [-0.2, -0.15) is 0 Å². The number of nitrogens with one attached hydrogen (secondary N) is 1. The maximum Gasteiger partial charge on any atom is 0.261 e. The summed E-state index contributed by atoms with van der Waals surface area (Å²) in [6.07, 6.45) is 4.38. The summed E-state index contributed by atoms with van der Waals surface area (Å²) in [5.74, 6) is -0.281. The van der Waals surface area contributed by atoms with E-state index in [1.807, 2.05) is 24.5 Å². The van der Waals surface area contributed by atoms with Gasteiger partial charge in [0.05, 0.1) is 25.2 Å². The van der Waals surface area contributed by atoms with Crippen molar-refractivity contribution in [1.29, 1.82) is 0 Å². The lowest BCUT2D eigenvalue weighted by Gasteiger charge is -2.11. The molecular formula is C19H16FN3O3S. The van der Waals surface area contributed by atoms with Gasteiger partial charge in [-0.3, -0.25) is 4.79 Å². The first-order chi connectivity index (χ1) is 13.1. The summed E-state index contributed by atoms with van der Waals surface area (Å²) in [4.78, 5) is 21.5. The highest BCUT2D eigenvalue weighted by Gasteiger charge is 2.17. The molecule has 0 spiro atoms. The molecule has 3 aromatic rings. The van der Waals surface area contributed by atoms with Crippen molar-refractivity contribution in [3.8, 4) is 17.5 Å². The highest BCUT2D eigenvalue weighted by Crippen LogP contribution is 2.27. The Hall–Kier alpha value is -3.13. The van der Waals surface area contributed by atoms with Crippen LogP contribution in [0.5, 0.6) is 17.5 Å². The second kappa shape index (κ2) is 8.50. The van der Waals surface area contributed by atoms with Crippen LogP contribution in [0.2, 0.25) is 0 Å². The number of hydrogen-bond donors (Lipinski definition) is 1. The fourth-order valence-electron chi connectivity index (χ4n) is 2.22. The molecule has 0 saturated heterocycles. The van der Waals surface area contributed by atoms with E-state index >= 15 is 0 Å². The SMILES string of the molecule is COc1ccc(NC(=O)c2cc(F)cnc2Oc2cccc(SC)c2)cn1. The zero-order valence-corrected chi connectivity index (χ0v) is 15.4. The molecule has 1 N–H and O–H groups in total. The summed E-state index contributed by atoms with van der Waals surface area (Å²) in [6.45, 7) is 0. The van der Waals surface area contributed by atoms with Gasteiger partial charge in [-0.15, -0.1) is 11.8 Å². The monoisotopic (exact) mass is 385 g/mol. The Labute approximate surface area is 159 Å². The molecule has 0 bridgehead atoms. The second-order valence-corrected chi connectivity index (χ2v) is 6.21. The number of carbonyl (C=O) groups excluding carboxylic acids is 1. The van der Waals surface area contributed by atoms with Gasteiger partial charge in [-0.05, 0) is 36.6 Å². The number of aromatic nitrogens is 2. The van der Waals surface area contributed by atoms with E-state index in [4.69, 9.17) is 9.47 Å². The minimum atomic E-state index is -0.641. The zero-order valence-electron chi connectivity index (χ0n) is 14.6. The first-order valence-electron chi connectivity index (χ1n) is 7.88. The van der Waals surface area contributed by atoms with Crippen molar-refractivity contribution in [3.63, 3.8) is 0 Å². The molecule has 0 aliphatic rings. The number of rotatable bonds is 6. The normalized spacial score (nSPS) is 10.3. The highest BCUT2D eigenvalue weighted by molar-refractivity contribution is 7.98. The number of pyridine rings is 2. The Morgan fingerprint density at radius 1 is 1.15 bits per heavy atom. The minimum absolute atomic E-state index is 0.00799. The Morgan fingerprint density at radius 3 is 2.70 bits per heavy atom. The third-order valence-electron chi connectivity index (χ3n) is 3.52. The summed E-state index contributed by atoms with van der Waals surface area (Å²) < 4.78 is 24.4. The van der Waals surface area contributed by atoms with E-state index in [9.17, 15) is 9.18 Å². The van der Waals surface area contributed by atoms with Gasteiger partial charge in [0.2, 0.25) is 11.8 Å². The van der Waals surface area contributed by atoms with E-state index in [2.05, 4.69) is 15.3 Å². The number of thioether (sulfide) groups is 1. The van der Waals surface area contributed by atoms with Crippen molar-refractivity contribution in [2.24, 2.45) is 0 Å². The van der Waals surface area contributed by atoms with Crippen LogP contribution in [0.1, 0.15) is 10.4 Å². The van der Waals surface area contributed by atoms with Crippen molar-refractivity contribution in [2.75, 3.05) is 18.7 Å². The summed E-state index contributed by atoms with van der Waals surface area (Å²) in [7, 11) is 1.49. The van der Waals surface area contributed by atoms with Crippen molar-refractivity contribution >= 4 is 23.4 Å². The maximum atomic E-state index is 13.7. The van der Waals surface area contributed by atoms with Crippen LogP contribution in [-0.2, 0) is 0 Å². The molecule has 2 aromatic heterocycles. The molecule has 27 heavy (non-hydrogen) atoms. The number of carbonyl (C=O) groups is 1. The van der Waals surface area contributed by atoms with Gasteiger partial charge < -0.3 is 14.8 Å². The van der Waals surface area contributed by atoms with Crippen molar-refractivity contribution in [1.82, 2.24) is 9.97 Å². The van der Waals surface area contributed by atoms with Crippen molar-refractivity contribution in [3.05, 3.63) is 66.2 Å². The Balaban J connectivity index is 1.85. The average Bonchev–Trinajstić information content (AvgIpc) is 2.70.